The van der Waals surface area contributed by atoms with Gasteiger partial charge < -0.3 is 10.1 Å². The number of amides is 1. The lowest BCUT2D eigenvalue weighted by Gasteiger charge is -2.16. The van der Waals surface area contributed by atoms with Crippen molar-refractivity contribution in [2.45, 2.75) is 52.2 Å². The molecule has 130 valence electrons. The Hall–Kier alpha value is -1.73. The second-order valence-corrected chi connectivity index (χ2v) is 7.52. The first-order valence-corrected chi connectivity index (χ1v) is 9.31. The Kier molecular flexibility index (Phi) is 5.30. The molecule has 0 bridgehead atoms. The van der Waals surface area contributed by atoms with Gasteiger partial charge in [0, 0.05) is 35.5 Å². The standard InChI is InChI=1S/C17H24N4O2S/c1-4-5-13-9-18-17(24-13)20-16(22)14-6-7-23-15(14)12-8-19-21(10-12)11(2)3/h8-11,14-15H,4-7H2,1-3H3,(H,18,20,22)/t14-,15+/m0/s1. The third-order valence-corrected chi connectivity index (χ3v) is 5.16. The van der Waals surface area contributed by atoms with E-state index in [0.29, 0.717) is 17.8 Å². The smallest absolute Gasteiger partial charge is 0.232 e. The van der Waals surface area contributed by atoms with Crippen molar-refractivity contribution in [1.29, 1.82) is 0 Å². The average Bonchev–Trinajstić information content (AvgIpc) is 3.27. The fraction of sp³-hybridized carbons (Fsp3) is 0.588. The molecule has 0 spiro atoms. The van der Waals surface area contributed by atoms with Gasteiger partial charge in [0.25, 0.3) is 0 Å². The predicted molar refractivity (Wildman–Crippen MR) is 94.2 cm³/mol. The second-order valence-electron chi connectivity index (χ2n) is 6.40. The number of carbonyl (C=O) groups excluding carboxylic acids is 1. The van der Waals surface area contributed by atoms with Gasteiger partial charge in [0.1, 0.15) is 0 Å². The molecule has 24 heavy (non-hydrogen) atoms. The number of hydrogen-bond acceptors (Lipinski definition) is 5. The summed E-state index contributed by atoms with van der Waals surface area (Å²) in [5.74, 6) is -0.222. The Balaban J connectivity index is 1.68. The SMILES string of the molecule is CCCc1cnc(NC(=O)[C@H]2CCO[C@@H]2c2cnn(C(C)C)c2)s1. The van der Waals surface area contributed by atoms with Gasteiger partial charge in [0.15, 0.2) is 5.13 Å². The highest BCUT2D eigenvalue weighted by Gasteiger charge is 2.36. The minimum atomic E-state index is -0.229. The van der Waals surface area contributed by atoms with Gasteiger partial charge in [-0.1, -0.05) is 13.3 Å². The third kappa shape index (κ3) is 3.67. The quantitative estimate of drug-likeness (QED) is 0.866. The highest BCUT2D eigenvalue weighted by atomic mass is 32.1. The van der Waals surface area contributed by atoms with Crippen LogP contribution in [-0.4, -0.2) is 27.3 Å². The van der Waals surface area contributed by atoms with E-state index in [0.717, 1.165) is 24.8 Å². The first-order chi connectivity index (χ1) is 11.6. The Labute approximate surface area is 146 Å². The molecule has 3 heterocycles. The molecule has 1 N–H and O–H groups in total. The largest absolute Gasteiger partial charge is 0.373 e. The lowest BCUT2D eigenvalue weighted by atomic mass is 9.96. The van der Waals surface area contributed by atoms with Crippen LogP contribution in [0.3, 0.4) is 0 Å². The molecule has 3 rings (SSSR count). The van der Waals surface area contributed by atoms with Gasteiger partial charge in [-0.3, -0.25) is 9.48 Å². The van der Waals surface area contributed by atoms with E-state index in [1.54, 1.807) is 17.5 Å². The Morgan fingerprint density at radius 1 is 1.50 bits per heavy atom. The summed E-state index contributed by atoms with van der Waals surface area (Å²) in [5.41, 5.74) is 0.965. The van der Waals surface area contributed by atoms with Crippen LogP contribution in [0.15, 0.2) is 18.6 Å². The number of carbonyl (C=O) groups is 1. The summed E-state index contributed by atoms with van der Waals surface area (Å²) in [7, 11) is 0. The van der Waals surface area contributed by atoms with Gasteiger partial charge in [-0.25, -0.2) is 4.98 Å². The minimum absolute atomic E-state index is 0.0211. The zero-order valence-corrected chi connectivity index (χ0v) is 15.2. The molecule has 1 saturated heterocycles. The number of nitrogens with zero attached hydrogens (tertiary/aromatic N) is 3. The summed E-state index contributed by atoms with van der Waals surface area (Å²) in [6.45, 7) is 6.88. The third-order valence-electron chi connectivity index (χ3n) is 4.19. The van der Waals surface area contributed by atoms with Crippen LogP contribution in [-0.2, 0) is 16.0 Å². The second kappa shape index (κ2) is 7.44. The first kappa shape index (κ1) is 17.1. The monoisotopic (exact) mass is 348 g/mol. The van der Waals surface area contributed by atoms with Crippen molar-refractivity contribution in [2.75, 3.05) is 11.9 Å². The van der Waals surface area contributed by atoms with Crippen molar-refractivity contribution >= 4 is 22.4 Å². The van der Waals surface area contributed by atoms with E-state index in [9.17, 15) is 4.79 Å². The Bertz CT molecular complexity index is 694. The van der Waals surface area contributed by atoms with Crippen LogP contribution in [0.25, 0.3) is 0 Å². The highest BCUT2D eigenvalue weighted by Crippen LogP contribution is 2.35. The molecule has 6 nitrogen and oxygen atoms in total. The van der Waals surface area contributed by atoms with Crippen molar-refractivity contribution < 1.29 is 9.53 Å². The van der Waals surface area contributed by atoms with Crippen LogP contribution in [0.1, 0.15) is 56.2 Å². The first-order valence-electron chi connectivity index (χ1n) is 8.49. The van der Waals surface area contributed by atoms with Crippen molar-refractivity contribution in [3.63, 3.8) is 0 Å². The number of nitrogens with one attached hydrogen (secondary N) is 1. The summed E-state index contributed by atoms with van der Waals surface area (Å²) in [4.78, 5) is 18.2. The number of rotatable bonds is 6. The summed E-state index contributed by atoms with van der Waals surface area (Å²) in [5, 5.41) is 7.98. The van der Waals surface area contributed by atoms with Crippen LogP contribution in [0, 0.1) is 5.92 Å². The average molecular weight is 348 g/mol. The fourth-order valence-corrected chi connectivity index (χ4v) is 3.81. The lowest BCUT2D eigenvalue weighted by Crippen LogP contribution is -2.25. The molecular weight excluding hydrogens is 324 g/mol. The van der Waals surface area contributed by atoms with E-state index in [2.05, 4.69) is 36.2 Å². The van der Waals surface area contributed by atoms with E-state index in [1.807, 2.05) is 17.1 Å². The van der Waals surface area contributed by atoms with E-state index in [-0.39, 0.29) is 17.9 Å². The molecule has 2 aromatic rings. The van der Waals surface area contributed by atoms with Crippen molar-refractivity contribution in [3.05, 3.63) is 29.0 Å². The van der Waals surface area contributed by atoms with Crippen LogP contribution in [0.4, 0.5) is 5.13 Å². The van der Waals surface area contributed by atoms with Gasteiger partial charge in [-0.15, -0.1) is 11.3 Å². The minimum Gasteiger partial charge on any atom is -0.373 e. The number of aryl methyl sites for hydroxylation is 1. The van der Waals surface area contributed by atoms with E-state index >= 15 is 0 Å². The van der Waals surface area contributed by atoms with E-state index < -0.39 is 0 Å². The summed E-state index contributed by atoms with van der Waals surface area (Å²) < 4.78 is 7.71. The van der Waals surface area contributed by atoms with Crippen molar-refractivity contribution in [2.24, 2.45) is 5.92 Å². The maximum Gasteiger partial charge on any atom is 0.232 e. The highest BCUT2D eigenvalue weighted by molar-refractivity contribution is 7.15. The fourth-order valence-electron chi connectivity index (χ4n) is 2.89. The molecule has 1 aliphatic rings. The lowest BCUT2D eigenvalue weighted by molar-refractivity contribution is -0.121. The Morgan fingerprint density at radius 2 is 2.33 bits per heavy atom. The van der Waals surface area contributed by atoms with Crippen LogP contribution >= 0.6 is 11.3 Å². The summed E-state index contributed by atoms with van der Waals surface area (Å²) in [6, 6.07) is 0.291. The molecule has 2 atom stereocenters. The molecule has 1 fully saturated rings. The normalized spacial score (nSPS) is 20.7. The molecule has 0 saturated carbocycles. The molecule has 0 radical (unpaired) electrons. The van der Waals surface area contributed by atoms with E-state index in [4.69, 9.17) is 4.74 Å². The number of thiazole rings is 1. The number of hydrogen-bond donors (Lipinski definition) is 1. The van der Waals surface area contributed by atoms with Crippen molar-refractivity contribution in [3.8, 4) is 0 Å². The van der Waals surface area contributed by atoms with Gasteiger partial charge >= 0.3 is 0 Å². The zero-order valence-electron chi connectivity index (χ0n) is 14.4. The molecular formula is C17H24N4O2S. The van der Waals surface area contributed by atoms with Crippen molar-refractivity contribution in [1.82, 2.24) is 14.8 Å². The van der Waals surface area contributed by atoms with E-state index in [1.165, 1.54) is 4.88 Å². The predicted octanol–water partition coefficient (Wildman–Crippen LogP) is 3.59. The zero-order chi connectivity index (χ0) is 17.1. The molecule has 1 aliphatic heterocycles. The topological polar surface area (TPSA) is 69.0 Å². The van der Waals surface area contributed by atoms with Crippen LogP contribution < -0.4 is 5.32 Å². The maximum absolute atomic E-state index is 12.7. The molecule has 1 amide bonds. The van der Waals surface area contributed by atoms with Gasteiger partial charge in [0.2, 0.25) is 5.91 Å². The van der Waals surface area contributed by atoms with Crippen LogP contribution in [0.2, 0.25) is 0 Å². The van der Waals surface area contributed by atoms with Crippen LogP contribution in [0.5, 0.6) is 0 Å². The molecule has 0 unspecified atom stereocenters. The van der Waals surface area contributed by atoms with Gasteiger partial charge in [-0.2, -0.15) is 5.10 Å². The maximum atomic E-state index is 12.7. The molecule has 0 aromatic carbocycles. The molecule has 7 heteroatoms. The Morgan fingerprint density at radius 3 is 3.04 bits per heavy atom. The summed E-state index contributed by atoms with van der Waals surface area (Å²) >= 11 is 1.55. The van der Waals surface area contributed by atoms with Gasteiger partial charge in [-0.05, 0) is 26.7 Å². The number of aromatic nitrogens is 3. The number of anilines is 1. The number of ether oxygens (including phenoxy) is 1. The van der Waals surface area contributed by atoms with Gasteiger partial charge in [0.05, 0.1) is 18.2 Å². The summed E-state index contributed by atoms with van der Waals surface area (Å²) in [6.07, 6.45) is 8.19. The molecule has 2 aromatic heterocycles. The molecule has 0 aliphatic carbocycles.